The van der Waals surface area contributed by atoms with Gasteiger partial charge in [-0.15, -0.1) is 0 Å². The maximum atomic E-state index is 11.8. The molecule has 2 atom stereocenters. The molecule has 106 valence electrons. The third-order valence-electron chi connectivity index (χ3n) is 3.70. The molecule has 1 fully saturated rings. The SMILES string of the molecule is COC(c1noc(CC2CCCCC2=O)n1)C(C)C. The summed E-state index contributed by atoms with van der Waals surface area (Å²) in [5.74, 6) is 1.81. The maximum Gasteiger partial charge on any atom is 0.227 e. The van der Waals surface area contributed by atoms with Gasteiger partial charge in [0, 0.05) is 25.9 Å². The Morgan fingerprint density at radius 3 is 2.84 bits per heavy atom. The fourth-order valence-corrected chi connectivity index (χ4v) is 2.62. The van der Waals surface area contributed by atoms with Gasteiger partial charge in [0.1, 0.15) is 11.9 Å². The molecule has 1 aliphatic carbocycles. The number of rotatable bonds is 5. The molecule has 19 heavy (non-hydrogen) atoms. The molecule has 2 rings (SSSR count). The van der Waals surface area contributed by atoms with Crippen LogP contribution in [0.1, 0.15) is 57.3 Å². The third-order valence-corrected chi connectivity index (χ3v) is 3.70. The van der Waals surface area contributed by atoms with Gasteiger partial charge in [0.05, 0.1) is 0 Å². The first-order valence-corrected chi connectivity index (χ1v) is 6.99. The number of methoxy groups -OCH3 is 1. The molecule has 2 unspecified atom stereocenters. The highest BCUT2D eigenvalue weighted by Gasteiger charge is 2.26. The van der Waals surface area contributed by atoms with Crippen molar-refractivity contribution in [2.24, 2.45) is 11.8 Å². The van der Waals surface area contributed by atoms with Gasteiger partial charge >= 0.3 is 0 Å². The second-order valence-electron chi connectivity index (χ2n) is 5.56. The summed E-state index contributed by atoms with van der Waals surface area (Å²) in [6.07, 6.45) is 4.18. The third kappa shape index (κ3) is 3.41. The number of nitrogens with zero attached hydrogens (tertiary/aromatic N) is 2. The van der Waals surface area contributed by atoms with E-state index in [9.17, 15) is 4.79 Å². The van der Waals surface area contributed by atoms with Gasteiger partial charge in [-0.1, -0.05) is 25.4 Å². The molecule has 0 saturated heterocycles. The first-order valence-electron chi connectivity index (χ1n) is 6.99. The molecular formula is C14H22N2O3. The Labute approximate surface area is 113 Å². The number of ether oxygens (including phenoxy) is 1. The van der Waals surface area contributed by atoms with Crippen LogP contribution in [-0.2, 0) is 16.0 Å². The molecule has 1 heterocycles. The summed E-state index contributed by atoms with van der Waals surface area (Å²) in [5, 5.41) is 3.98. The van der Waals surface area contributed by atoms with Gasteiger partial charge in [-0.2, -0.15) is 4.98 Å². The summed E-state index contributed by atoms with van der Waals surface area (Å²) in [4.78, 5) is 16.2. The van der Waals surface area contributed by atoms with Crippen molar-refractivity contribution in [1.82, 2.24) is 10.1 Å². The molecular weight excluding hydrogens is 244 g/mol. The van der Waals surface area contributed by atoms with E-state index in [-0.39, 0.29) is 17.9 Å². The average molecular weight is 266 g/mol. The van der Waals surface area contributed by atoms with Gasteiger partial charge in [-0.05, 0) is 18.8 Å². The molecule has 1 aromatic rings. The standard InChI is InChI=1S/C14H22N2O3/c1-9(2)13(18-3)14-15-12(19-16-14)8-10-6-4-5-7-11(10)17/h9-10,13H,4-8H2,1-3H3. The Hall–Kier alpha value is -1.23. The highest BCUT2D eigenvalue weighted by molar-refractivity contribution is 5.81. The molecule has 5 heteroatoms. The molecule has 0 N–H and O–H groups in total. The van der Waals surface area contributed by atoms with Crippen LogP contribution in [-0.4, -0.2) is 23.0 Å². The topological polar surface area (TPSA) is 65.2 Å². The van der Waals surface area contributed by atoms with Crippen LogP contribution in [0.2, 0.25) is 0 Å². The fourth-order valence-electron chi connectivity index (χ4n) is 2.62. The average Bonchev–Trinajstić information content (AvgIpc) is 2.81. The van der Waals surface area contributed by atoms with Gasteiger partial charge in [-0.25, -0.2) is 0 Å². The molecule has 0 radical (unpaired) electrons. The van der Waals surface area contributed by atoms with Crippen molar-refractivity contribution in [1.29, 1.82) is 0 Å². The Bertz CT molecular complexity index is 428. The molecule has 1 aromatic heterocycles. The number of aromatic nitrogens is 2. The van der Waals surface area contributed by atoms with E-state index < -0.39 is 0 Å². The van der Waals surface area contributed by atoms with E-state index in [0.29, 0.717) is 30.3 Å². The van der Waals surface area contributed by atoms with Crippen molar-refractivity contribution in [3.8, 4) is 0 Å². The molecule has 0 spiro atoms. The predicted octanol–water partition coefficient (Wildman–Crippen LogP) is 2.71. The predicted molar refractivity (Wildman–Crippen MR) is 69.6 cm³/mol. The number of carbonyl (C=O) groups is 1. The van der Waals surface area contributed by atoms with Gasteiger partial charge in [0.25, 0.3) is 0 Å². The van der Waals surface area contributed by atoms with Crippen molar-refractivity contribution in [3.05, 3.63) is 11.7 Å². The number of hydrogen-bond donors (Lipinski definition) is 0. The summed E-state index contributed by atoms with van der Waals surface area (Å²) in [5.41, 5.74) is 0. The molecule has 0 amide bonds. The Morgan fingerprint density at radius 2 is 2.21 bits per heavy atom. The zero-order valence-corrected chi connectivity index (χ0v) is 11.9. The van der Waals surface area contributed by atoms with E-state index in [1.54, 1.807) is 7.11 Å². The Kier molecular flexibility index (Phi) is 4.69. The quantitative estimate of drug-likeness (QED) is 0.819. The normalized spacial score (nSPS) is 21.9. The lowest BCUT2D eigenvalue weighted by molar-refractivity contribution is -0.124. The Morgan fingerprint density at radius 1 is 1.42 bits per heavy atom. The molecule has 1 aliphatic rings. The van der Waals surface area contributed by atoms with E-state index in [1.165, 1.54) is 0 Å². The molecule has 0 aliphatic heterocycles. The number of carbonyl (C=O) groups excluding carboxylic acids is 1. The summed E-state index contributed by atoms with van der Waals surface area (Å²) < 4.78 is 10.6. The van der Waals surface area contributed by atoms with Crippen LogP contribution in [0.25, 0.3) is 0 Å². The highest BCUT2D eigenvalue weighted by atomic mass is 16.5. The molecule has 1 saturated carbocycles. The van der Waals surface area contributed by atoms with Crippen LogP contribution >= 0.6 is 0 Å². The largest absolute Gasteiger partial charge is 0.373 e. The van der Waals surface area contributed by atoms with E-state index >= 15 is 0 Å². The summed E-state index contributed by atoms with van der Waals surface area (Å²) in [6, 6.07) is 0. The van der Waals surface area contributed by atoms with Crippen LogP contribution < -0.4 is 0 Å². The molecule has 5 nitrogen and oxygen atoms in total. The Balaban J connectivity index is 2.02. The van der Waals surface area contributed by atoms with Crippen LogP contribution in [0.5, 0.6) is 0 Å². The highest BCUT2D eigenvalue weighted by Crippen LogP contribution is 2.26. The van der Waals surface area contributed by atoms with E-state index in [0.717, 1.165) is 19.3 Å². The minimum absolute atomic E-state index is 0.0575. The van der Waals surface area contributed by atoms with Gasteiger partial charge < -0.3 is 9.26 Å². The van der Waals surface area contributed by atoms with E-state index in [4.69, 9.17) is 9.26 Å². The zero-order valence-electron chi connectivity index (χ0n) is 11.9. The lowest BCUT2D eigenvalue weighted by atomic mass is 9.86. The van der Waals surface area contributed by atoms with Gasteiger partial charge in [-0.3, -0.25) is 4.79 Å². The lowest BCUT2D eigenvalue weighted by Gasteiger charge is -2.18. The van der Waals surface area contributed by atoms with Crippen LogP contribution in [0.15, 0.2) is 4.52 Å². The van der Waals surface area contributed by atoms with Gasteiger partial charge in [0.15, 0.2) is 0 Å². The summed E-state index contributed by atoms with van der Waals surface area (Å²) in [6.45, 7) is 4.10. The van der Waals surface area contributed by atoms with Crippen molar-refractivity contribution in [2.75, 3.05) is 7.11 Å². The molecule has 0 bridgehead atoms. The van der Waals surface area contributed by atoms with Crippen LogP contribution in [0.4, 0.5) is 0 Å². The van der Waals surface area contributed by atoms with E-state index in [2.05, 4.69) is 24.0 Å². The van der Waals surface area contributed by atoms with Crippen molar-refractivity contribution >= 4 is 5.78 Å². The van der Waals surface area contributed by atoms with Crippen LogP contribution in [0, 0.1) is 11.8 Å². The van der Waals surface area contributed by atoms with Crippen molar-refractivity contribution in [3.63, 3.8) is 0 Å². The monoisotopic (exact) mass is 266 g/mol. The summed E-state index contributed by atoms with van der Waals surface area (Å²) in [7, 11) is 1.64. The second-order valence-corrected chi connectivity index (χ2v) is 5.56. The smallest absolute Gasteiger partial charge is 0.227 e. The minimum Gasteiger partial charge on any atom is -0.373 e. The van der Waals surface area contributed by atoms with Gasteiger partial charge in [0.2, 0.25) is 11.7 Å². The van der Waals surface area contributed by atoms with Crippen LogP contribution in [0.3, 0.4) is 0 Å². The van der Waals surface area contributed by atoms with E-state index in [1.807, 2.05) is 0 Å². The fraction of sp³-hybridized carbons (Fsp3) is 0.786. The first-order chi connectivity index (χ1) is 9.11. The maximum absolute atomic E-state index is 11.8. The number of hydrogen-bond acceptors (Lipinski definition) is 5. The molecule has 0 aromatic carbocycles. The minimum atomic E-state index is -0.153. The summed E-state index contributed by atoms with van der Waals surface area (Å²) >= 11 is 0. The van der Waals surface area contributed by atoms with Crippen molar-refractivity contribution < 1.29 is 14.1 Å². The second kappa shape index (κ2) is 6.28. The number of ketones is 1. The zero-order chi connectivity index (χ0) is 13.8. The number of Topliss-reactive ketones (excluding diaryl/α,β-unsaturated/α-hetero) is 1. The lowest BCUT2D eigenvalue weighted by Crippen LogP contribution is -2.21. The van der Waals surface area contributed by atoms with Crippen molar-refractivity contribution in [2.45, 2.75) is 52.1 Å². The first kappa shape index (κ1) is 14.2.